The van der Waals surface area contributed by atoms with Gasteiger partial charge in [0.05, 0.1) is 0 Å². The van der Waals surface area contributed by atoms with Crippen molar-refractivity contribution >= 4 is 0 Å². The van der Waals surface area contributed by atoms with E-state index < -0.39 is 0 Å². The lowest BCUT2D eigenvalue weighted by atomic mass is 10.1. The molecule has 0 heteroatoms. The fraction of sp³-hybridized carbons (Fsp3) is 0.333. The fourth-order valence-electron chi connectivity index (χ4n) is 1.01. The first-order valence-electron chi connectivity index (χ1n) is 4.44. The number of hydrogen-bond acceptors (Lipinski definition) is 0. The summed E-state index contributed by atoms with van der Waals surface area (Å²) in [5.41, 5.74) is 2.86. The van der Waals surface area contributed by atoms with E-state index in [-0.39, 0.29) is 0 Å². The SMILES string of the molecule is C=C.CCc1ccc(CC)cc1. The van der Waals surface area contributed by atoms with Crippen LogP contribution in [0, 0.1) is 0 Å². The van der Waals surface area contributed by atoms with Gasteiger partial charge in [-0.15, -0.1) is 13.2 Å². The van der Waals surface area contributed by atoms with Gasteiger partial charge in [0.1, 0.15) is 0 Å². The van der Waals surface area contributed by atoms with Crippen molar-refractivity contribution in [3.63, 3.8) is 0 Å². The molecule has 0 bridgehead atoms. The van der Waals surface area contributed by atoms with Gasteiger partial charge in [0.25, 0.3) is 0 Å². The van der Waals surface area contributed by atoms with E-state index in [0.717, 1.165) is 12.8 Å². The molecule has 0 unspecified atom stereocenters. The van der Waals surface area contributed by atoms with E-state index >= 15 is 0 Å². The maximum absolute atomic E-state index is 3.00. The van der Waals surface area contributed by atoms with Crippen LogP contribution < -0.4 is 0 Å². The van der Waals surface area contributed by atoms with Crippen molar-refractivity contribution in [2.45, 2.75) is 26.7 Å². The predicted octanol–water partition coefficient (Wildman–Crippen LogP) is 3.61. The molecular weight excluding hydrogens is 144 g/mol. The second-order valence-corrected chi connectivity index (χ2v) is 2.52. The maximum atomic E-state index is 3.00. The summed E-state index contributed by atoms with van der Waals surface area (Å²) in [6, 6.07) is 8.83. The molecule has 0 aliphatic heterocycles. The highest BCUT2D eigenvalue weighted by Crippen LogP contribution is 2.04. The van der Waals surface area contributed by atoms with Crippen LogP contribution in [0.3, 0.4) is 0 Å². The Morgan fingerprint density at radius 1 is 0.833 bits per heavy atom. The van der Waals surface area contributed by atoms with Crippen molar-refractivity contribution in [1.29, 1.82) is 0 Å². The molecule has 0 saturated carbocycles. The molecule has 0 aromatic heterocycles. The normalized spacial score (nSPS) is 8.50. The van der Waals surface area contributed by atoms with E-state index in [4.69, 9.17) is 0 Å². The van der Waals surface area contributed by atoms with E-state index in [9.17, 15) is 0 Å². The summed E-state index contributed by atoms with van der Waals surface area (Å²) in [4.78, 5) is 0. The van der Waals surface area contributed by atoms with Crippen LogP contribution in [0.4, 0.5) is 0 Å². The Hall–Kier alpha value is -1.04. The van der Waals surface area contributed by atoms with Crippen LogP contribution in [0.5, 0.6) is 0 Å². The number of benzene rings is 1. The highest BCUT2D eigenvalue weighted by Gasteiger charge is 1.88. The molecule has 0 nitrogen and oxygen atoms in total. The molecule has 0 spiro atoms. The van der Waals surface area contributed by atoms with Gasteiger partial charge in [-0.25, -0.2) is 0 Å². The minimum Gasteiger partial charge on any atom is -0.106 e. The Balaban J connectivity index is 0.000000561. The molecule has 0 radical (unpaired) electrons. The molecule has 0 N–H and O–H groups in total. The lowest BCUT2D eigenvalue weighted by Gasteiger charge is -1.97. The van der Waals surface area contributed by atoms with Crippen LogP contribution in [-0.2, 0) is 12.8 Å². The molecule has 0 heterocycles. The minimum atomic E-state index is 1.14. The largest absolute Gasteiger partial charge is 0.106 e. The van der Waals surface area contributed by atoms with Gasteiger partial charge >= 0.3 is 0 Å². The molecule has 12 heavy (non-hydrogen) atoms. The molecule has 0 aliphatic carbocycles. The van der Waals surface area contributed by atoms with Crippen LogP contribution in [0.1, 0.15) is 25.0 Å². The van der Waals surface area contributed by atoms with E-state index in [2.05, 4.69) is 51.3 Å². The Labute approximate surface area is 75.9 Å². The van der Waals surface area contributed by atoms with Crippen molar-refractivity contribution in [3.8, 4) is 0 Å². The topological polar surface area (TPSA) is 0 Å². The van der Waals surface area contributed by atoms with Crippen LogP contribution >= 0.6 is 0 Å². The quantitative estimate of drug-likeness (QED) is 0.583. The molecule has 0 aliphatic rings. The summed E-state index contributed by atoms with van der Waals surface area (Å²) in [5, 5.41) is 0. The molecule has 0 fully saturated rings. The van der Waals surface area contributed by atoms with Crippen molar-refractivity contribution in [2.75, 3.05) is 0 Å². The third kappa shape index (κ3) is 3.38. The van der Waals surface area contributed by atoms with E-state index in [1.165, 1.54) is 11.1 Å². The summed E-state index contributed by atoms with van der Waals surface area (Å²) in [6.45, 7) is 10.4. The summed E-state index contributed by atoms with van der Waals surface area (Å²) >= 11 is 0. The molecule has 1 rings (SSSR count). The van der Waals surface area contributed by atoms with Gasteiger partial charge in [0.15, 0.2) is 0 Å². The van der Waals surface area contributed by atoms with E-state index in [0.29, 0.717) is 0 Å². The molecule has 0 amide bonds. The Morgan fingerprint density at radius 2 is 1.08 bits per heavy atom. The highest BCUT2D eigenvalue weighted by molar-refractivity contribution is 5.22. The fourth-order valence-corrected chi connectivity index (χ4v) is 1.01. The zero-order chi connectivity index (χ0) is 9.40. The van der Waals surface area contributed by atoms with Gasteiger partial charge in [-0.3, -0.25) is 0 Å². The van der Waals surface area contributed by atoms with Crippen molar-refractivity contribution in [1.82, 2.24) is 0 Å². The summed E-state index contributed by atoms with van der Waals surface area (Å²) in [6.07, 6.45) is 2.29. The second kappa shape index (κ2) is 6.66. The lowest BCUT2D eigenvalue weighted by Crippen LogP contribution is -1.81. The van der Waals surface area contributed by atoms with Gasteiger partial charge in [-0.05, 0) is 24.0 Å². The van der Waals surface area contributed by atoms with Crippen LogP contribution in [0.25, 0.3) is 0 Å². The lowest BCUT2D eigenvalue weighted by molar-refractivity contribution is 1.10. The number of aryl methyl sites for hydroxylation is 2. The average molecular weight is 162 g/mol. The Kier molecular flexibility index (Phi) is 6.08. The standard InChI is InChI=1S/C10H14.C2H4/c1-3-9-5-7-10(4-2)8-6-9;1-2/h5-8H,3-4H2,1-2H3;1-2H2. The summed E-state index contributed by atoms with van der Waals surface area (Å²) < 4.78 is 0. The third-order valence-electron chi connectivity index (χ3n) is 1.84. The van der Waals surface area contributed by atoms with E-state index in [1.807, 2.05) is 0 Å². The van der Waals surface area contributed by atoms with Crippen molar-refractivity contribution < 1.29 is 0 Å². The zero-order valence-electron chi connectivity index (χ0n) is 8.14. The molecule has 0 atom stereocenters. The predicted molar refractivity (Wildman–Crippen MR) is 56.5 cm³/mol. The Morgan fingerprint density at radius 3 is 1.25 bits per heavy atom. The number of rotatable bonds is 2. The first-order valence-corrected chi connectivity index (χ1v) is 4.44. The molecule has 0 saturated heterocycles. The van der Waals surface area contributed by atoms with Crippen LogP contribution in [0.15, 0.2) is 37.4 Å². The molecule has 1 aromatic rings. The molecular formula is C12H18. The van der Waals surface area contributed by atoms with Crippen molar-refractivity contribution in [3.05, 3.63) is 48.6 Å². The monoisotopic (exact) mass is 162 g/mol. The number of hydrogen-bond donors (Lipinski definition) is 0. The summed E-state index contributed by atoms with van der Waals surface area (Å²) in [7, 11) is 0. The molecule has 1 aromatic carbocycles. The average Bonchev–Trinajstić information content (AvgIpc) is 2.21. The van der Waals surface area contributed by atoms with Gasteiger partial charge in [-0.2, -0.15) is 0 Å². The van der Waals surface area contributed by atoms with Gasteiger partial charge < -0.3 is 0 Å². The first-order chi connectivity index (χ1) is 5.86. The smallest absolute Gasteiger partial charge is 0.0307 e. The first kappa shape index (κ1) is 11.0. The Bertz CT molecular complexity index is 173. The van der Waals surface area contributed by atoms with Crippen LogP contribution in [-0.4, -0.2) is 0 Å². The van der Waals surface area contributed by atoms with Gasteiger partial charge in [0, 0.05) is 0 Å². The minimum absolute atomic E-state index is 1.14. The molecule has 66 valence electrons. The van der Waals surface area contributed by atoms with Crippen molar-refractivity contribution in [2.24, 2.45) is 0 Å². The zero-order valence-corrected chi connectivity index (χ0v) is 8.14. The van der Waals surface area contributed by atoms with Gasteiger partial charge in [-0.1, -0.05) is 38.1 Å². The van der Waals surface area contributed by atoms with Crippen LogP contribution in [0.2, 0.25) is 0 Å². The second-order valence-electron chi connectivity index (χ2n) is 2.52. The summed E-state index contributed by atoms with van der Waals surface area (Å²) in [5.74, 6) is 0. The highest BCUT2D eigenvalue weighted by atomic mass is 13.9. The van der Waals surface area contributed by atoms with E-state index in [1.54, 1.807) is 0 Å². The van der Waals surface area contributed by atoms with Gasteiger partial charge in [0.2, 0.25) is 0 Å². The maximum Gasteiger partial charge on any atom is -0.0307 e. The third-order valence-corrected chi connectivity index (χ3v) is 1.84.